The first-order valence-electron chi connectivity index (χ1n) is 12.5. The van der Waals surface area contributed by atoms with Gasteiger partial charge in [0.15, 0.2) is 11.5 Å². The fourth-order valence-corrected chi connectivity index (χ4v) is 6.43. The summed E-state index contributed by atoms with van der Waals surface area (Å²) in [6.07, 6.45) is 0.498. The molecule has 1 atom stereocenters. The number of hydrogen-bond donors (Lipinski definition) is 0. The molecule has 1 aliphatic heterocycles. The van der Waals surface area contributed by atoms with Crippen LogP contribution >= 0.6 is 0 Å². The Bertz CT molecular complexity index is 1500. The molecule has 1 aliphatic rings. The number of benzene rings is 4. The van der Waals surface area contributed by atoms with Gasteiger partial charge >= 0.3 is 0 Å². The minimum Gasteiger partial charge on any atom is -0.497 e. The van der Waals surface area contributed by atoms with Gasteiger partial charge in [0.05, 0.1) is 25.2 Å². The fraction of sp³-hybridized carbons (Fsp3) is 0.226. The van der Waals surface area contributed by atoms with Crippen molar-refractivity contribution in [1.82, 2.24) is 4.31 Å². The molecule has 5 rings (SSSR count). The molecular weight excluding hydrogens is 498 g/mol. The van der Waals surface area contributed by atoms with Crippen LogP contribution < -0.4 is 14.2 Å². The second kappa shape index (κ2) is 10.9. The molecule has 1 unspecified atom stereocenters. The lowest BCUT2D eigenvalue weighted by Crippen LogP contribution is -2.39. The molecule has 196 valence electrons. The summed E-state index contributed by atoms with van der Waals surface area (Å²) < 4.78 is 47.0. The van der Waals surface area contributed by atoms with Gasteiger partial charge in [0.25, 0.3) is 0 Å². The summed E-state index contributed by atoms with van der Waals surface area (Å²) in [5.41, 5.74) is 4.77. The van der Waals surface area contributed by atoms with Gasteiger partial charge in [-0.2, -0.15) is 4.31 Å². The summed E-state index contributed by atoms with van der Waals surface area (Å²) in [6.45, 7) is 2.44. The van der Waals surface area contributed by atoms with Gasteiger partial charge in [0.1, 0.15) is 12.4 Å². The van der Waals surface area contributed by atoms with E-state index in [0.717, 1.165) is 33.6 Å². The van der Waals surface area contributed by atoms with E-state index in [4.69, 9.17) is 14.2 Å². The smallest absolute Gasteiger partial charge is 0.243 e. The number of ether oxygens (including phenoxy) is 3. The summed E-state index contributed by atoms with van der Waals surface area (Å²) in [7, 11) is -0.619. The van der Waals surface area contributed by atoms with E-state index in [0.29, 0.717) is 24.5 Å². The maximum atomic E-state index is 14.1. The van der Waals surface area contributed by atoms with E-state index >= 15 is 0 Å². The Kier molecular flexibility index (Phi) is 7.40. The summed E-state index contributed by atoms with van der Waals surface area (Å²) in [4.78, 5) is 0.264. The molecule has 0 aliphatic carbocycles. The molecule has 0 aromatic heterocycles. The number of fused-ring (bicyclic) bond motifs is 1. The van der Waals surface area contributed by atoms with Crippen LogP contribution in [0.5, 0.6) is 17.2 Å². The Morgan fingerprint density at radius 2 is 1.55 bits per heavy atom. The number of aryl methyl sites for hydroxylation is 1. The van der Waals surface area contributed by atoms with Crippen LogP contribution in [-0.4, -0.2) is 26.9 Å². The fourth-order valence-electron chi connectivity index (χ4n) is 4.84. The highest BCUT2D eigenvalue weighted by molar-refractivity contribution is 7.89. The van der Waals surface area contributed by atoms with E-state index in [1.165, 1.54) is 0 Å². The Balaban J connectivity index is 1.59. The molecule has 0 amide bonds. The van der Waals surface area contributed by atoms with Crippen molar-refractivity contribution in [2.45, 2.75) is 37.4 Å². The van der Waals surface area contributed by atoms with Gasteiger partial charge in [-0.05, 0) is 60.4 Å². The van der Waals surface area contributed by atoms with Crippen LogP contribution in [0.3, 0.4) is 0 Å². The van der Waals surface area contributed by atoms with Crippen LogP contribution in [0.1, 0.15) is 33.9 Å². The Morgan fingerprint density at radius 3 is 2.21 bits per heavy atom. The van der Waals surface area contributed by atoms with Crippen LogP contribution in [0.15, 0.2) is 95.9 Å². The molecule has 4 aromatic carbocycles. The van der Waals surface area contributed by atoms with Gasteiger partial charge in [0, 0.05) is 12.1 Å². The standard InChI is InChI=1S/C31H31NO5S/c1-22-9-16-27(17-10-22)38(33,34)32-20-28-25(19-29(32)24-11-14-26(35-2)15-12-24)13-18-30(36-3)31(28)37-21-23-7-5-4-6-8-23/h4-18,29H,19-21H2,1-3H3. The highest BCUT2D eigenvalue weighted by Gasteiger charge is 2.38. The van der Waals surface area contributed by atoms with Gasteiger partial charge in [-0.1, -0.05) is 66.2 Å². The van der Waals surface area contributed by atoms with Gasteiger partial charge < -0.3 is 14.2 Å². The summed E-state index contributed by atoms with van der Waals surface area (Å²) in [5, 5.41) is 0. The SMILES string of the molecule is COc1ccc(C2Cc3ccc(OC)c(OCc4ccccc4)c3CN2S(=O)(=O)c2ccc(C)cc2)cc1. The molecule has 0 fully saturated rings. The van der Waals surface area contributed by atoms with Crippen molar-refractivity contribution < 1.29 is 22.6 Å². The Morgan fingerprint density at radius 1 is 0.842 bits per heavy atom. The number of rotatable bonds is 8. The minimum atomic E-state index is -3.83. The molecule has 1 heterocycles. The van der Waals surface area contributed by atoms with Crippen molar-refractivity contribution in [3.8, 4) is 17.2 Å². The lowest BCUT2D eigenvalue weighted by molar-refractivity contribution is 0.258. The highest BCUT2D eigenvalue weighted by atomic mass is 32.2. The number of hydrogen-bond acceptors (Lipinski definition) is 5. The largest absolute Gasteiger partial charge is 0.497 e. The van der Waals surface area contributed by atoms with E-state index < -0.39 is 16.1 Å². The van der Waals surface area contributed by atoms with Crippen molar-refractivity contribution in [2.75, 3.05) is 14.2 Å². The monoisotopic (exact) mass is 529 g/mol. The van der Waals surface area contributed by atoms with Crippen LogP contribution in [0.25, 0.3) is 0 Å². The minimum absolute atomic E-state index is 0.156. The van der Waals surface area contributed by atoms with Crippen molar-refractivity contribution in [3.63, 3.8) is 0 Å². The quantitative estimate of drug-likeness (QED) is 0.277. The third kappa shape index (κ3) is 5.12. The second-order valence-electron chi connectivity index (χ2n) is 9.37. The predicted octanol–water partition coefficient (Wildman–Crippen LogP) is 6.08. The van der Waals surface area contributed by atoms with E-state index in [1.54, 1.807) is 30.7 Å². The molecule has 0 spiro atoms. The van der Waals surface area contributed by atoms with Crippen molar-refractivity contribution in [1.29, 1.82) is 0 Å². The first kappa shape index (κ1) is 25.8. The second-order valence-corrected chi connectivity index (χ2v) is 11.3. The zero-order chi connectivity index (χ0) is 26.7. The van der Waals surface area contributed by atoms with Gasteiger partial charge in [-0.25, -0.2) is 8.42 Å². The first-order chi connectivity index (χ1) is 18.4. The molecule has 4 aromatic rings. The lowest BCUT2D eigenvalue weighted by Gasteiger charge is -2.37. The molecule has 0 saturated carbocycles. The maximum Gasteiger partial charge on any atom is 0.243 e. The zero-order valence-electron chi connectivity index (χ0n) is 21.8. The topological polar surface area (TPSA) is 65.1 Å². The number of sulfonamides is 1. The molecule has 0 radical (unpaired) electrons. The first-order valence-corrected chi connectivity index (χ1v) is 13.9. The van der Waals surface area contributed by atoms with Crippen LogP contribution in [0.2, 0.25) is 0 Å². The third-order valence-electron chi connectivity index (χ3n) is 6.97. The van der Waals surface area contributed by atoms with Crippen molar-refractivity contribution in [2.24, 2.45) is 0 Å². The molecule has 6 nitrogen and oxygen atoms in total. The Labute approximate surface area is 224 Å². The van der Waals surface area contributed by atoms with Gasteiger partial charge in [-0.3, -0.25) is 0 Å². The third-order valence-corrected chi connectivity index (χ3v) is 8.84. The molecule has 0 saturated heterocycles. The summed E-state index contributed by atoms with van der Waals surface area (Å²) >= 11 is 0. The summed E-state index contributed by atoms with van der Waals surface area (Å²) in [5.74, 6) is 1.88. The summed E-state index contributed by atoms with van der Waals surface area (Å²) in [6, 6.07) is 28.0. The van der Waals surface area contributed by atoms with Gasteiger partial charge in [0.2, 0.25) is 10.0 Å². The van der Waals surface area contributed by atoms with E-state index in [1.807, 2.05) is 85.8 Å². The van der Waals surface area contributed by atoms with Gasteiger partial charge in [-0.15, -0.1) is 0 Å². The maximum absolute atomic E-state index is 14.1. The molecule has 7 heteroatoms. The normalized spacial score (nSPS) is 15.5. The van der Waals surface area contributed by atoms with Crippen LogP contribution in [-0.2, 0) is 29.6 Å². The molecule has 38 heavy (non-hydrogen) atoms. The van der Waals surface area contributed by atoms with E-state index in [9.17, 15) is 8.42 Å². The predicted molar refractivity (Wildman–Crippen MR) is 147 cm³/mol. The van der Waals surface area contributed by atoms with Crippen molar-refractivity contribution in [3.05, 3.63) is 119 Å². The van der Waals surface area contributed by atoms with Crippen molar-refractivity contribution >= 4 is 10.0 Å². The molecular formula is C31H31NO5S. The van der Waals surface area contributed by atoms with Crippen LogP contribution in [0.4, 0.5) is 0 Å². The number of methoxy groups -OCH3 is 2. The zero-order valence-corrected chi connectivity index (χ0v) is 22.6. The molecule has 0 bridgehead atoms. The molecule has 0 N–H and O–H groups in total. The highest BCUT2D eigenvalue weighted by Crippen LogP contribution is 2.44. The number of nitrogens with zero attached hydrogens (tertiary/aromatic N) is 1. The Hall–Kier alpha value is -3.81. The lowest BCUT2D eigenvalue weighted by atomic mass is 9.91. The average molecular weight is 530 g/mol. The van der Waals surface area contributed by atoms with Crippen LogP contribution in [0, 0.1) is 6.92 Å². The van der Waals surface area contributed by atoms with E-state index in [-0.39, 0.29) is 11.4 Å². The van der Waals surface area contributed by atoms with E-state index in [2.05, 4.69) is 0 Å². The average Bonchev–Trinajstić information content (AvgIpc) is 2.96.